The van der Waals surface area contributed by atoms with Gasteiger partial charge in [-0.25, -0.2) is 9.97 Å². The molecule has 1 heterocycles. The first-order chi connectivity index (χ1) is 6.93. The molecule has 1 aromatic heterocycles. The second-order valence-corrected chi connectivity index (χ2v) is 3.20. The molecule has 2 aromatic carbocycles. The molecule has 0 aliphatic carbocycles. The molecular weight excluding hydrogens is 218 g/mol. The molecule has 0 spiro atoms. The van der Waals surface area contributed by atoms with Gasteiger partial charge < -0.3 is 0 Å². The number of hydrogen-bond acceptors (Lipinski definition) is 2. The molecule has 0 aliphatic rings. The van der Waals surface area contributed by atoms with Gasteiger partial charge in [-0.3, -0.25) is 0 Å². The van der Waals surface area contributed by atoms with E-state index in [4.69, 9.17) is 0 Å². The summed E-state index contributed by atoms with van der Waals surface area (Å²) in [6.45, 7) is 0. The van der Waals surface area contributed by atoms with Gasteiger partial charge in [0.15, 0.2) is 0 Å². The van der Waals surface area contributed by atoms with E-state index in [1.807, 2.05) is 48.5 Å². The summed E-state index contributed by atoms with van der Waals surface area (Å²) in [6.07, 6.45) is 0. The largest absolute Gasteiger partial charge is 0.245 e. The first kappa shape index (κ1) is 14.1. The Morgan fingerprint density at radius 3 is 1.00 bits per heavy atom. The molecule has 4 heteroatoms. The van der Waals surface area contributed by atoms with Crippen LogP contribution in [0.2, 0.25) is 0 Å². The van der Waals surface area contributed by atoms with Gasteiger partial charge in [-0.2, -0.15) is 0 Å². The van der Waals surface area contributed by atoms with Gasteiger partial charge in [0, 0.05) is 0 Å². The first-order valence-electron chi connectivity index (χ1n) is 4.55. The second kappa shape index (κ2) is 6.10. The Bertz CT molecular complexity index is 506. The molecule has 3 rings (SSSR count). The van der Waals surface area contributed by atoms with Crippen molar-refractivity contribution < 1.29 is 0 Å². The quantitative estimate of drug-likeness (QED) is 0.430. The average Bonchev–Trinajstić information content (AvgIpc) is 2.26. The molecule has 2 nitrogen and oxygen atoms in total. The minimum absolute atomic E-state index is 0. The smallest absolute Gasteiger partial charge is 0.0894 e. The van der Waals surface area contributed by atoms with Crippen molar-refractivity contribution in [3.05, 3.63) is 48.5 Å². The third-order valence-corrected chi connectivity index (χ3v) is 2.25. The average molecular weight is 228 g/mol. The van der Waals surface area contributed by atoms with Crippen molar-refractivity contribution in [2.45, 2.75) is 0 Å². The number of para-hydroxylation sites is 4. The van der Waals surface area contributed by atoms with Gasteiger partial charge in [0.2, 0.25) is 0 Å². The number of rotatable bonds is 0. The Hall–Kier alpha value is 0.0400. The molecule has 0 saturated carbocycles. The van der Waals surface area contributed by atoms with E-state index in [-0.39, 0.29) is 59.1 Å². The van der Waals surface area contributed by atoms with Crippen molar-refractivity contribution >= 4 is 81.2 Å². The summed E-state index contributed by atoms with van der Waals surface area (Å²) in [5.74, 6) is 0. The van der Waals surface area contributed by atoms with E-state index in [1.165, 1.54) is 0 Å². The molecule has 0 fully saturated rings. The fourth-order valence-electron chi connectivity index (χ4n) is 1.57. The maximum Gasteiger partial charge on any atom is 0.0894 e. The van der Waals surface area contributed by atoms with Crippen molar-refractivity contribution in [1.29, 1.82) is 0 Å². The standard InChI is InChI=1S/C12H8N2.2Na.2H/c1-2-6-10-9(5-1)13-11-7-3-4-8-12(11)14-10;;;;/h1-8H;;;;. The van der Waals surface area contributed by atoms with Gasteiger partial charge >= 0.3 is 59.1 Å². The predicted molar refractivity (Wildman–Crippen MR) is 71.3 cm³/mol. The number of fused-ring (bicyclic) bond motifs is 2. The molecule has 0 aliphatic heterocycles. The minimum Gasteiger partial charge on any atom is -0.245 e. The zero-order valence-electron chi connectivity index (χ0n) is 7.51. The van der Waals surface area contributed by atoms with E-state index in [9.17, 15) is 0 Å². The molecule has 0 amide bonds. The summed E-state index contributed by atoms with van der Waals surface area (Å²) in [4.78, 5) is 9.03. The van der Waals surface area contributed by atoms with Crippen LogP contribution in [0.1, 0.15) is 0 Å². The molecule has 0 N–H and O–H groups in total. The van der Waals surface area contributed by atoms with Gasteiger partial charge in [-0.1, -0.05) is 24.3 Å². The molecule has 16 heavy (non-hydrogen) atoms. The van der Waals surface area contributed by atoms with Crippen LogP contribution in [0.25, 0.3) is 22.1 Å². The van der Waals surface area contributed by atoms with Crippen LogP contribution in [0.4, 0.5) is 0 Å². The number of hydrogen-bond donors (Lipinski definition) is 0. The van der Waals surface area contributed by atoms with E-state index >= 15 is 0 Å². The van der Waals surface area contributed by atoms with Crippen LogP contribution in [-0.4, -0.2) is 69.1 Å². The van der Waals surface area contributed by atoms with Crippen LogP contribution in [0, 0.1) is 0 Å². The Morgan fingerprint density at radius 1 is 0.500 bits per heavy atom. The zero-order valence-corrected chi connectivity index (χ0v) is 7.51. The molecule has 0 saturated heterocycles. The Kier molecular flexibility index (Phi) is 5.38. The molecule has 3 aromatic rings. The van der Waals surface area contributed by atoms with Gasteiger partial charge in [0.1, 0.15) is 0 Å². The minimum atomic E-state index is 0. The first-order valence-corrected chi connectivity index (χ1v) is 4.55. The monoisotopic (exact) mass is 228 g/mol. The third-order valence-electron chi connectivity index (χ3n) is 2.25. The van der Waals surface area contributed by atoms with E-state index < -0.39 is 0 Å². The van der Waals surface area contributed by atoms with Crippen LogP contribution in [0.3, 0.4) is 0 Å². The summed E-state index contributed by atoms with van der Waals surface area (Å²) in [7, 11) is 0. The summed E-state index contributed by atoms with van der Waals surface area (Å²) in [5, 5.41) is 0. The predicted octanol–water partition coefficient (Wildman–Crippen LogP) is 1.49. The normalized spacial score (nSPS) is 9.50. The van der Waals surface area contributed by atoms with Crippen LogP contribution < -0.4 is 0 Å². The van der Waals surface area contributed by atoms with E-state index in [0.29, 0.717) is 0 Å². The van der Waals surface area contributed by atoms with Gasteiger partial charge in [-0.15, -0.1) is 0 Å². The van der Waals surface area contributed by atoms with Crippen molar-refractivity contribution in [3.8, 4) is 0 Å². The zero-order chi connectivity index (χ0) is 9.38. The Labute approximate surface area is 138 Å². The van der Waals surface area contributed by atoms with Crippen LogP contribution in [0.15, 0.2) is 48.5 Å². The number of aromatic nitrogens is 2. The summed E-state index contributed by atoms with van der Waals surface area (Å²) in [5.41, 5.74) is 3.80. The maximum absolute atomic E-state index is 4.52. The molecule has 70 valence electrons. The molecule has 0 atom stereocenters. The SMILES string of the molecule is [NaH].[NaH].c1ccc2nc3ccccc3nc2c1. The van der Waals surface area contributed by atoms with Gasteiger partial charge in [-0.05, 0) is 24.3 Å². The van der Waals surface area contributed by atoms with Crippen molar-refractivity contribution in [2.75, 3.05) is 0 Å². The molecule has 0 unspecified atom stereocenters. The van der Waals surface area contributed by atoms with E-state index in [2.05, 4.69) is 9.97 Å². The topological polar surface area (TPSA) is 25.8 Å². The maximum atomic E-state index is 4.52. The fourth-order valence-corrected chi connectivity index (χ4v) is 1.57. The van der Waals surface area contributed by atoms with Crippen LogP contribution in [-0.2, 0) is 0 Å². The van der Waals surface area contributed by atoms with E-state index in [1.54, 1.807) is 0 Å². The van der Waals surface area contributed by atoms with Gasteiger partial charge in [0.05, 0.1) is 22.1 Å². The molecular formula is C12H10N2Na2. The number of nitrogens with zero attached hydrogens (tertiary/aromatic N) is 2. The van der Waals surface area contributed by atoms with Crippen LogP contribution in [0.5, 0.6) is 0 Å². The van der Waals surface area contributed by atoms with Gasteiger partial charge in [0.25, 0.3) is 0 Å². The fraction of sp³-hybridized carbons (Fsp3) is 0. The van der Waals surface area contributed by atoms with Crippen LogP contribution >= 0.6 is 0 Å². The van der Waals surface area contributed by atoms with Crippen molar-refractivity contribution in [3.63, 3.8) is 0 Å². The summed E-state index contributed by atoms with van der Waals surface area (Å²) < 4.78 is 0. The Morgan fingerprint density at radius 2 is 0.750 bits per heavy atom. The Balaban J connectivity index is 0.000000640. The third kappa shape index (κ3) is 2.65. The van der Waals surface area contributed by atoms with Crippen molar-refractivity contribution in [1.82, 2.24) is 9.97 Å². The summed E-state index contributed by atoms with van der Waals surface area (Å²) in [6, 6.07) is 15.8. The summed E-state index contributed by atoms with van der Waals surface area (Å²) >= 11 is 0. The molecule has 0 bridgehead atoms. The van der Waals surface area contributed by atoms with Crippen molar-refractivity contribution in [2.24, 2.45) is 0 Å². The molecule has 0 radical (unpaired) electrons. The van der Waals surface area contributed by atoms with E-state index in [0.717, 1.165) is 22.1 Å². The number of benzene rings is 2. The second-order valence-electron chi connectivity index (χ2n) is 3.20.